The van der Waals surface area contributed by atoms with Gasteiger partial charge in [-0.2, -0.15) is 0 Å². The number of carbonyl (C=O) groups excluding carboxylic acids is 1. The third-order valence-electron chi connectivity index (χ3n) is 5.36. The Balaban J connectivity index is 2.34. The number of amides is 3. The molecule has 35 heavy (non-hydrogen) atoms. The summed E-state index contributed by atoms with van der Waals surface area (Å²) >= 11 is 6.32. The molecule has 3 amide bonds. The van der Waals surface area contributed by atoms with Crippen LogP contribution in [0.2, 0.25) is 5.02 Å². The number of carbonyl (C=O) groups is 2. The Morgan fingerprint density at radius 2 is 1.94 bits per heavy atom. The first-order valence-corrected chi connectivity index (χ1v) is 11.3. The summed E-state index contributed by atoms with van der Waals surface area (Å²) in [4.78, 5) is 43.7. The fourth-order valence-corrected chi connectivity index (χ4v) is 4.21. The molecule has 11 heteroatoms. The van der Waals surface area contributed by atoms with Gasteiger partial charge in [-0.1, -0.05) is 17.7 Å². The fraction of sp³-hybridized carbons (Fsp3) is 0.333. The minimum Gasteiger partial charge on any atom is -0.465 e. The molecule has 3 aromatic rings. The summed E-state index contributed by atoms with van der Waals surface area (Å²) in [7, 11) is 0. The van der Waals surface area contributed by atoms with E-state index in [9.17, 15) is 23.9 Å². The van der Waals surface area contributed by atoms with Crippen molar-refractivity contribution in [1.82, 2.24) is 19.8 Å². The highest BCUT2D eigenvalue weighted by Gasteiger charge is 2.34. The molecule has 1 heterocycles. The van der Waals surface area contributed by atoms with Crippen molar-refractivity contribution in [2.45, 2.75) is 46.2 Å². The Hall–Kier alpha value is -3.66. The lowest BCUT2D eigenvalue weighted by Gasteiger charge is -2.38. The summed E-state index contributed by atoms with van der Waals surface area (Å²) in [5.41, 5.74) is -1.08. The van der Waals surface area contributed by atoms with Crippen LogP contribution in [0.25, 0.3) is 16.6 Å². The lowest BCUT2D eigenvalue weighted by atomic mass is 10.0. The monoisotopic (exact) mass is 503 g/mol. The number of carboxylic acid groups (broad SMARTS) is 1. The number of anilines is 1. The molecule has 0 fully saturated rings. The van der Waals surface area contributed by atoms with E-state index in [2.05, 4.69) is 15.6 Å². The molecule has 0 radical (unpaired) electrons. The first kappa shape index (κ1) is 26.0. The molecular weight excluding hydrogens is 477 g/mol. The van der Waals surface area contributed by atoms with E-state index in [-0.39, 0.29) is 27.6 Å². The van der Waals surface area contributed by atoms with Gasteiger partial charge in [-0.15, -0.1) is 0 Å². The maximum atomic E-state index is 14.5. The molecular formula is C24H27ClFN5O4. The third-order valence-corrected chi connectivity index (χ3v) is 5.67. The molecule has 2 aromatic carbocycles. The van der Waals surface area contributed by atoms with E-state index in [1.165, 1.54) is 21.6 Å². The number of halogens is 2. The smallest absolute Gasteiger partial charge is 0.408 e. The Kier molecular flexibility index (Phi) is 7.35. The van der Waals surface area contributed by atoms with E-state index in [1.807, 2.05) is 0 Å². The van der Waals surface area contributed by atoms with E-state index >= 15 is 0 Å². The first-order chi connectivity index (χ1) is 16.4. The van der Waals surface area contributed by atoms with Gasteiger partial charge in [-0.05, 0) is 65.0 Å². The predicted molar refractivity (Wildman–Crippen MR) is 133 cm³/mol. The summed E-state index contributed by atoms with van der Waals surface area (Å²) in [6, 6.07) is 7.04. The van der Waals surface area contributed by atoms with Gasteiger partial charge in [0.25, 0.3) is 5.56 Å². The first-order valence-electron chi connectivity index (χ1n) is 10.9. The number of urea groups is 1. The van der Waals surface area contributed by atoms with Crippen molar-refractivity contribution in [3.8, 4) is 5.69 Å². The van der Waals surface area contributed by atoms with Crippen LogP contribution in [0.1, 0.15) is 46.5 Å². The van der Waals surface area contributed by atoms with Crippen molar-refractivity contribution < 1.29 is 19.1 Å². The van der Waals surface area contributed by atoms with Crippen molar-refractivity contribution in [2.24, 2.45) is 0 Å². The van der Waals surface area contributed by atoms with Crippen LogP contribution in [0.4, 0.5) is 19.7 Å². The van der Waals surface area contributed by atoms with E-state index in [0.717, 1.165) is 6.07 Å². The third kappa shape index (κ3) is 5.22. The van der Waals surface area contributed by atoms with Crippen LogP contribution in [-0.4, -0.2) is 43.8 Å². The number of hydrogen-bond donors (Lipinski definition) is 3. The van der Waals surface area contributed by atoms with E-state index in [0.29, 0.717) is 12.1 Å². The van der Waals surface area contributed by atoms with Crippen molar-refractivity contribution in [1.29, 1.82) is 0 Å². The molecule has 0 aliphatic heterocycles. The SMILES string of the molecule is CCNC(=O)Nc1cc(-n2c(C(C)N(C(=O)O)C(C)(C)C)nc3cccc(Cl)c3c2=O)ccc1F. The van der Waals surface area contributed by atoms with Crippen molar-refractivity contribution in [2.75, 3.05) is 11.9 Å². The lowest BCUT2D eigenvalue weighted by Crippen LogP contribution is -2.47. The average Bonchev–Trinajstić information content (AvgIpc) is 2.74. The van der Waals surface area contributed by atoms with Gasteiger partial charge in [0.05, 0.1) is 33.3 Å². The molecule has 0 saturated heterocycles. The van der Waals surface area contributed by atoms with Gasteiger partial charge < -0.3 is 15.7 Å². The molecule has 1 atom stereocenters. The highest BCUT2D eigenvalue weighted by atomic mass is 35.5. The maximum Gasteiger partial charge on any atom is 0.408 e. The van der Waals surface area contributed by atoms with Crippen molar-refractivity contribution in [3.63, 3.8) is 0 Å². The highest BCUT2D eigenvalue weighted by molar-refractivity contribution is 6.35. The summed E-state index contributed by atoms with van der Waals surface area (Å²) < 4.78 is 15.7. The molecule has 0 saturated carbocycles. The molecule has 1 unspecified atom stereocenters. The van der Waals surface area contributed by atoms with Crippen molar-refractivity contribution >= 4 is 40.3 Å². The number of nitrogens with one attached hydrogen (secondary N) is 2. The lowest BCUT2D eigenvalue weighted by molar-refractivity contribution is 0.0719. The normalized spacial score (nSPS) is 12.3. The van der Waals surface area contributed by atoms with Gasteiger partial charge in [-0.25, -0.2) is 19.0 Å². The van der Waals surface area contributed by atoms with Gasteiger partial charge in [0.2, 0.25) is 0 Å². The summed E-state index contributed by atoms with van der Waals surface area (Å²) in [5, 5.41) is 15.2. The number of rotatable bonds is 5. The molecule has 3 N–H and O–H groups in total. The largest absolute Gasteiger partial charge is 0.465 e. The molecule has 0 spiro atoms. The zero-order chi connectivity index (χ0) is 26.1. The van der Waals surface area contributed by atoms with Crippen LogP contribution in [0, 0.1) is 5.82 Å². The zero-order valence-electron chi connectivity index (χ0n) is 20.0. The minimum atomic E-state index is -1.20. The number of fused-ring (bicyclic) bond motifs is 1. The molecule has 3 rings (SSSR count). The molecule has 186 valence electrons. The van der Waals surface area contributed by atoms with Crippen LogP contribution in [0.3, 0.4) is 0 Å². The summed E-state index contributed by atoms with van der Waals surface area (Å²) in [6.07, 6.45) is -1.20. The van der Waals surface area contributed by atoms with Gasteiger partial charge >= 0.3 is 12.1 Å². The van der Waals surface area contributed by atoms with Crippen LogP contribution in [0.15, 0.2) is 41.2 Å². The second-order valence-corrected chi connectivity index (χ2v) is 9.30. The zero-order valence-corrected chi connectivity index (χ0v) is 20.8. The fourth-order valence-electron chi connectivity index (χ4n) is 3.96. The Bertz CT molecular complexity index is 1350. The molecule has 0 bridgehead atoms. The summed E-state index contributed by atoms with van der Waals surface area (Å²) in [6.45, 7) is 8.84. The number of nitrogens with zero attached hydrogens (tertiary/aromatic N) is 3. The maximum absolute atomic E-state index is 14.5. The van der Waals surface area contributed by atoms with Crippen molar-refractivity contribution in [3.05, 3.63) is 63.4 Å². The van der Waals surface area contributed by atoms with Crippen LogP contribution >= 0.6 is 11.6 Å². The number of hydrogen-bond acceptors (Lipinski definition) is 4. The standard InChI is InChI=1S/C24H27ClFN5O4/c1-6-27-22(33)29-18-12-14(10-11-16(18)26)30-20(13(2)31(23(34)35)24(3,4)5)28-17-9-7-8-15(25)19(17)21(30)32/h7-13H,6H2,1-5H3,(H,34,35)(H2,27,29,33). The van der Waals surface area contributed by atoms with Crippen LogP contribution < -0.4 is 16.2 Å². The van der Waals surface area contributed by atoms with Gasteiger partial charge in [0.15, 0.2) is 0 Å². The molecule has 0 aliphatic carbocycles. The predicted octanol–water partition coefficient (Wildman–Crippen LogP) is 5.16. The quantitative estimate of drug-likeness (QED) is 0.444. The topological polar surface area (TPSA) is 117 Å². The van der Waals surface area contributed by atoms with E-state index in [4.69, 9.17) is 11.6 Å². The Labute approximate surface area is 206 Å². The highest BCUT2D eigenvalue weighted by Crippen LogP contribution is 2.30. The second kappa shape index (κ2) is 9.91. The number of aromatic nitrogens is 2. The van der Waals surface area contributed by atoms with Gasteiger partial charge in [0.1, 0.15) is 11.6 Å². The van der Waals surface area contributed by atoms with E-state index in [1.54, 1.807) is 52.8 Å². The van der Waals surface area contributed by atoms with E-state index < -0.39 is 35.1 Å². The minimum absolute atomic E-state index is 0.109. The van der Waals surface area contributed by atoms with Crippen LogP contribution in [-0.2, 0) is 0 Å². The average molecular weight is 504 g/mol. The van der Waals surface area contributed by atoms with Gasteiger partial charge in [0, 0.05) is 12.1 Å². The Morgan fingerprint density at radius 3 is 2.54 bits per heavy atom. The number of benzene rings is 2. The summed E-state index contributed by atoms with van der Waals surface area (Å²) in [5.74, 6) is -0.603. The molecule has 0 aliphatic rings. The molecule has 9 nitrogen and oxygen atoms in total. The molecule has 1 aromatic heterocycles. The Morgan fingerprint density at radius 1 is 1.26 bits per heavy atom. The van der Waals surface area contributed by atoms with Gasteiger partial charge in [-0.3, -0.25) is 14.3 Å². The van der Waals surface area contributed by atoms with Crippen LogP contribution in [0.5, 0.6) is 0 Å². The second-order valence-electron chi connectivity index (χ2n) is 8.89.